The number of methoxy groups -OCH3 is 1. The zero-order valence-corrected chi connectivity index (χ0v) is 18.7. The minimum atomic E-state index is -0.462. The molecule has 3 rings (SSSR count). The van der Waals surface area contributed by atoms with Gasteiger partial charge in [-0.1, -0.05) is 52.3 Å². The average molecular weight is 466 g/mol. The van der Waals surface area contributed by atoms with E-state index in [9.17, 15) is 4.79 Å². The van der Waals surface area contributed by atoms with Crippen LogP contribution in [-0.2, 0) is 0 Å². The van der Waals surface area contributed by atoms with E-state index in [-0.39, 0.29) is 0 Å². The van der Waals surface area contributed by atoms with Gasteiger partial charge in [-0.3, -0.25) is 0 Å². The minimum Gasteiger partial charge on any atom is -0.495 e. The Labute approximate surface area is 185 Å². The van der Waals surface area contributed by atoms with E-state index >= 15 is 0 Å². The lowest BCUT2D eigenvalue weighted by Crippen LogP contribution is -2.25. The van der Waals surface area contributed by atoms with Crippen molar-refractivity contribution in [2.75, 3.05) is 25.1 Å². The standard InChI is InChI=1S/C25H24BrNO3/c1-5-14-27(15-6-2)23-17(3)22(25(28)30-19-10-8-7-9-11-19)24(29-4)21-16-18(26)12-13-20(21)23/h5-13,16H,1-2,14-15H2,3-4H3. The average Bonchev–Trinajstić information content (AvgIpc) is 2.73. The first-order chi connectivity index (χ1) is 14.5. The van der Waals surface area contributed by atoms with Crippen LogP contribution in [0.1, 0.15) is 15.9 Å². The second kappa shape index (κ2) is 9.63. The molecule has 0 atom stereocenters. The van der Waals surface area contributed by atoms with Crippen LogP contribution >= 0.6 is 15.9 Å². The molecule has 0 unspecified atom stereocenters. The first-order valence-electron chi connectivity index (χ1n) is 9.55. The third kappa shape index (κ3) is 4.26. The number of nitrogens with zero attached hydrogens (tertiary/aromatic N) is 1. The number of carbonyl (C=O) groups excluding carboxylic acids is 1. The van der Waals surface area contributed by atoms with Crippen molar-refractivity contribution >= 4 is 38.4 Å². The molecule has 0 amide bonds. The predicted octanol–water partition coefficient (Wildman–Crippen LogP) is 6.32. The largest absolute Gasteiger partial charge is 0.495 e. The lowest BCUT2D eigenvalue weighted by atomic mass is 9.96. The van der Waals surface area contributed by atoms with E-state index in [4.69, 9.17) is 9.47 Å². The fraction of sp³-hybridized carbons (Fsp3) is 0.160. The van der Waals surface area contributed by atoms with Crippen LogP contribution in [0, 0.1) is 6.92 Å². The third-order valence-electron chi connectivity index (χ3n) is 4.82. The highest BCUT2D eigenvalue weighted by molar-refractivity contribution is 9.10. The maximum atomic E-state index is 13.3. The molecule has 3 aromatic rings. The lowest BCUT2D eigenvalue weighted by molar-refractivity contribution is 0.0731. The Morgan fingerprint density at radius 2 is 1.73 bits per heavy atom. The second-order valence-electron chi connectivity index (χ2n) is 6.76. The maximum Gasteiger partial charge on any atom is 0.347 e. The van der Waals surface area contributed by atoms with Gasteiger partial charge in [0.05, 0.1) is 7.11 Å². The molecule has 4 nitrogen and oxygen atoms in total. The molecule has 0 N–H and O–H groups in total. The molecule has 154 valence electrons. The SMILES string of the molecule is C=CCN(CC=C)c1c(C)c(C(=O)Oc2ccccc2)c(OC)c2cc(Br)ccc12. The molecular weight excluding hydrogens is 442 g/mol. The molecule has 0 bridgehead atoms. The van der Waals surface area contributed by atoms with Crippen LogP contribution in [0.4, 0.5) is 5.69 Å². The molecule has 30 heavy (non-hydrogen) atoms. The van der Waals surface area contributed by atoms with Gasteiger partial charge in [-0.25, -0.2) is 4.79 Å². The Hall–Kier alpha value is -3.05. The summed E-state index contributed by atoms with van der Waals surface area (Å²) in [6.07, 6.45) is 3.67. The number of rotatable bonds is 8. The van der Waals surface area contributed by atoms with Crippen LogP contribution in [-0.4, -0.2) is 26.2 Å². The van der Waals surface area contributed by atoms with Crippen LogP contribution in [0.15, 0.2) is 78.3 Å². The van der Waals surface area contributed by atoms with E-state index in [0.717, 1.165) is 26.5 Å². The molecule has 0 aliphatic rings. The van der Waals surface area contributed by atoms with Gasteiger partial charge in [0.25, 0.3) is 0 Å². The highest BCUT2D eigenvalue weighted by Crippen LogP contribution is 2.42. The lowest BCUT2D eigenvalue weighted by Gasteiger charge is -2.28. The maximum absolute atomic E-state index is 13.3. The number of esters is 1. The Morgan fingerprint density at radius 3 is 2.33 bits per heavy atom. The first-order valence-corrected chi connectivity index (χ1v) is 10.3. The summed E-state index contributed by atoms with van der Waals surface area (Å²) in [6.45, 7) is 10.9. The fourth-order valence-electron chi connectivity index (χ4n) is 3.62. The Morgan fingerprint density at radius 1 is 1.07 bits per heavy atom. The van der Waals surface area contributed by atoms with Gasteiger partial charge in [-0.05, 0) is 36.8 Å². The van der Waals surface area contributed by atoms with Gasteiger partial charge in [0.2, 0.25) is 0 Å². The molecule has 0 aromatic heterocycles. The third-order valence-corrected chi connectivity index (χ3v) is 5.31. The number of benzene rings is 3. The van der Waals surface area contributed by atoms with Gasteiger partial charge in [0.1, 0.15) is 17.1 Å². The van der Waals surface area contributed by atoms with E-state index < -0.39 is 5.97 Å². The second-order valence-corrected chi connectivity index (χ2v) is 7.67. The number of fused-ring (bicyclic) bond motifs is 1. The summed E-state index contributed by atoms with van der Waals surface area (Å²) >= 11 is 3.54. The van der Waals surface area contributed by atoms with Crippen molar-refractivity contribution in [3.05, 3.63) is 89.4 Å². The molecule has 0 aliphatic carbocycles. The van der Waals surface area contributed by atoms with Crippen molar-refractivity contribution in [2.45, 2.75) is 6.92 Å². The van der Waals surface area contributed by atoms with Gasteiger partial charge in [-0.2, -0.15) is 0 Å². The molecule has 0 spiro atoms. The Bertz CT molecular complexity index is 1080. The van der Waals surface area contributed by atoms with E-state index in [2.05, 4.69) is 34.0 Å². The van der Waals surface area contributed by atoms with Crippen molar-refractivity contribution in [1.29, 1.82) is 0 Å². The van der Waals surface area contributed by atoms with Crippen LogP contribution < -0.4 is 14.4 Å². The number of carbonyl (C=O) groups is 1. The zero-order chi connectivity index (χ0) is 21.7. The van der Waals surface area contributed by atoms with Crippen molar-refractivity contribution in [1.82, 2.24) is 0 Å². The molecule has 5 heteroatoms. The number of ether oxygens (including phenoxy) is 2. The van der Waals surface area contributed by atoms with Crippen molar-refractivity contribution in [3.63, 3.8) is 0 Å². The molecule has 0 fully saturated rings. The van der Waals surface area contributed by atoms with Crippen molar-refractivity contribution in [3.8, 4) is 11.5 Å². The highest BCUT2D eigenvalue weighted by Gasteiger charge is 2.26. The summed E-state index contributed by atoms with van der Waals surface area (Å²) in [5.74, 6) is 0.510. The van der Waals surface area contributed by atoms with E-state index in [1.807, 2.05) is 55.5 Å². The molecule has 0 aliphatic heterocycles. The topological polar surface area (TPSA) is 38.8 Å². The summed E-state index contributed by atoms with van der Waals surface area (Å²) in [6, 6.07) is 15.0. The van der Waals surface area contributed by atoms with Gasteiger partial charge >= 0.3 is 5.97 Å². The molecule has 0 heterocycles. The molecule has 0 saturated heterocycles. The monoisotopic (exact) mass is 465 g/mol. The first kappa shape index (κ1) is 21.7. The predicted molar refractivity (Wildman–Crippen MR) is 127 cm³/mol. The highest BCUT2D eigenvalue weighted by atomic mass is 79.9. The Balaban J connectivity index is 2.29. The zero-order valence-electron chi connectivity index (χ0n) is 17.2. The van der Waals surface area contributed by atoms with Gasteiger partial charge in [0, 0.05) is 34.0 Å². The minimum absolute atomic E-state index is 0.403. The number of halogens is 1. The van der Waals surface area contributed by atoms with Crippen LogP contribution in [0.25, 0.3) is 10.8 Å². The number of hydrogen-bond acceptors (Lipinski definition) is 4. The van der Waals surface area contributed by atoms with Crippen LogP contribution in [0.2, 0.25) is 0 Å². The summed E-state index contributed by atoms with van der Waals surface area (Å²) < 4.78 is 12.3. The normalized spacial score (nSPS) is 10.5. The summed E-state index contributed by atoms with van der Waals surface area (Å²) in [5, 5.41) is 1.80. The fourth-order valence-corrected chi connectivity index (χ4v) is 3.98. The molecular formula is C25H24BrNO3. The van der Waals surface area contributed by atoms with E-state index in [1.165, 1.54) is 0 Å². The van der Waals surface area contributed by atoms with Crippen molar-refractivity contribution in [2.24, 2.45) is 0 Å². The van der Waals surface area contributed by atoms with Crippen LogP contribution in [0.3, 0.4) is 0 Å². The quantitative estimate of drug-likeness (QED) is 0.221. The van der Waals surface area contributed by atoms with Gasteiger partial charge in [-0.15, -0.1) is 13.2 Å². The van der Waals surface area contributed by atoms with Gasteiger partial charge < -0.3 is 14.4 Å². The molecule has 3 aromatic carbocycles. The summed E-state index contributed by atoms with van der Waals surface area (Å²) in [7, 11) is 1.57. The molecule has 0 radical (unpaired) electrons. The number of para-hydroxylation sites is 1. The number of anilines is 1. The number of hydrogen-bond donors (Lipinski definition) is 0. The van der Waals surface area contributed by atoms with E-state index in [0.29, 0.717) is 30.2 Å². The summed E-state index contributed by atoms with van der Waals surface area (Å²) in [5.41, 5.74) is 2.12. The van der Waals surface area contributed by atoms with Gasteiger partial charge in [0.15, 0.2) is 0 Å². The van der Waals surface area contributed by atoms with E-state index in [1.54, 1.807) is 19.2 Å². The van der Waals surface area contributed by atoms with Crippen molar-refractivity contribution < 1.29 is 14.3 Å². The summed E-state index contributed by atoms with van der Waals surface area (Å²) in [4.78, 5) is 15.4. The smallest absolute Gasteiger partial charge is 0.347 e. The Kier molecular flexibility index (Phi) is 6.95. The molecule has 0 saturated carbocycles. The van der Waals surface area contributed by atoms with Crippen LogP contribution in [0.5, 0.6) is 11.5 Å².